The number of carbonyl (C=O) groups is 2. The molecule has 0 spiro atoms. The third-order valence-electron chi connectivity index (χ3n) is 4.21. The molecule has 1 aliphatic rings. The van der Waals surface area contributed by atoms with Crippen molar-refractivity contribution in [2.45, 2.75) is 24.6 Å². The average molecular weight is 387 g/mol. The Morgan fingerprint density at radius 3 is 2.96 bits per heavy atom. The molecule has 1 N–H and O–H groups in total. The minimum absolute atomic E-state index is 0.0454. The molecule has 1 aliphatic heterocycles. The van der Waals surface area contributed by atoms with E-state index < -0.39 is 5.92 Å². The zero-order valence-corrected chi connectivity index (χ0v) is 16.1. The Kier molecular flexibility index (Phi) is 5.59. The van der Waals surface area contributed by atoms with Gasteiger partial charge in [0.2, 0.25) is 16.9 Å². The molecule has 26 heavy (non-hydrogen) atoms. The van der Waals surface area contributed by atoms with Crippen molar-refractivity contribution in [2.24, 2.45) is 5.92 Å². The first-order chi connectivity index (χ1) is 12.5. The van der Waals surface area contributed by atoms with E-state index in [4.69, 9.17) is 6.42 Å². The predicted molar refractivity (Wildman–Crippen MR) is 104 cm³/mol. The Morgan fingerprint density at radius 2 is 2.23 bits per heavy atom. The fraction of sp³-hybridized carbons (Fsp3) is 0.333. The van der Waals surface area contributed by atoms with Crippen molar-refractivity contribution in [3.8, 4) is 12.3 Å². The fourth-order valence-electron chi connectivity index (χ4n) is 2.66. The number of amides is 2. The van der Waals surface area contributed by atoms with Gasteiger partial charge in [0.15, 0.2) is 4.34 Å². The van der Waals surface area contributed by atoms with Gasteiger partial charge in [-0.05, 0) is 37.1 Å². The van der Waals surface area contributed by atoms with Crippen molar-refractivity contribution in [1.82, 2.24) is 10.2 Å². The summed E-state index contributed by atoms with van der Waals surface area (Å²) in [5, 5.41) is 11.1. The third kappa shape index (κ3) is 4.06. The van der Waals surface area contributed by atoms with Gasteiger partial charge in [-0.2, -0.15) is 0 Å². The van der Waals surface area contributed by atoms with E-state index >= 15 is 0 Å². The van der Waals surface area contributed by atoms with E-state index in [1.807, 2.05) is 32.0 Å². The summed E-state index contributed by atoms with van der Waals surface area (Å²) in [5.74, 6) is 2.35. The van der Waals surface area contributed by atoms with Crippen LogP contribution in [0.1, 0.15) is 17.5 Å². The molecule has 6 nitrogen and oxygen atoms in total. The second kappa shape index (κ2) is 7.89. The standard InChI is InChI=1S/C18H18N4O2S2/c1-4-7-25-18-21-20-17(26-18)19-16(24)13-9-15(23)22(10-13)14-6-5-11(2)12(3)8-14/h1,5-6,8,13H,7,9-10H2,2-3H3,(H,19,20,24)/t13-/m0/s1. The first-order valence-corrected chi connectivity index (χ1v) is 9.86. The number of nitrogens with one attached hydrogen (secondary N) is 1. The minimum atomic E-state index is -0.408. The molecule has 0 bridgehead atoms. The molecule has 2 aromatic rings. The summed E-state index contributed by atoms with van der Waals surface area (Å²) in [5.41, 5.74) is 3.12. The molecule has 0 aliphatic carbocycles. The van der Waals surface area contributed by atoms with Gasteiger partial charge in [-0.15, -0.1) is 16.6 Å². The highest BCUT2D eigenvalue weighted by Crippen LogP contribution is 2.29. The molecule has 8 heteroatoms. The van der Waals surface area contributed by atoms with Crippen LogP contribution in [0.2, 0.25) is 0 Å². The van der Waals surface area contributed by atoms with Crippen LogP contribution in [0.25, 0.3) is 0 Å². The van der Waals surface area contributed by atoms with Crippen LogP contribution in [0.3, 0.4) is 0 Å². The molecule has 1 atom stereocenters. The van der Waals surface area contributed by atoms with Crippen molar-refractivity contribution in [3.05, 3.63) is 29.3 Å². The SMILES string of the molecule is C#CCSc1nnc(NC(=O)[C@H]2CC(=O)N(c3ccc(C)c(C)c3)C2)s1. The summed E-state index contributed by atoms with van der Waals surface area (Å²) in [6.45, 7) is 4.40. The van der Waals surface area contributed by atoms with Crippen LogP contribution in [0.4, 0.5) is 10.8 Å². The minimum Gasteiger partial charge on any atom is -0.312 e. The molecule has 0 saturated carbocycles. The maximum absolute atomic E-state index is 12.5. The molecule has 2 amide bonds. The topological polar surface area (TPSA) is 75.2 Å². The van der Waals surface area contributed by atoms with Crippen LogP contribution in [0.15, 0.2) is 22.5 Å². The van der Waals surface area contributed by atoms with Crippen LogP contribution >= 0.6 is 23.1 Å². The highest BCUT2D eigenvalue weighted by molar-refractivity contribution is 8.01. The number of carbonyl (C=O) groups excluding carboxylic acids is 2. The smallest absolute Gasteiger partial charge is 0.231 e. The summed E-state index contributed by atoms with van der Waals surface area (Å²) in [6.07, 6.45) is 5.41. The first kappa shape index (κ1) is 18.4. The lowest BCUT2D eigenvalue weighted by atomic mass is 10.1. The highest BCUT2D eigenvalue weighted by Gasteiger charge is 2.35. The van der Waals surface area contributed by atoms with Gasteiger partial charge in [0.25, 0.3) is 0 Å². The van der Waals surface area contributed by atoms with Crippen molar-refractivity contribution in [3.63, 3.8) is 0 Å². The van der Waals surface area contributed by atoms with Crippen molar-refractivity contribution in [1.29, 1.82) is 0 Å². The first-order valence-electron chi connectivity index (χ1n) is 8.06. The van der Waals surface area contributed by atoms with E-state index in [1.54, 1.807) is 4.90 Å². The molecule has 134 valence electrons. The zero-order chi connectivity index (χ0) is 18.7. The molecule has 0 unspecified atom stereocenters. The number of terminal acetylenes is 1. The summed E-state index contributed by atoms with van der Waals surface area (Å²) < 4.78 is 0.706. The monoisotopic (exact) mass is 386 g/mol. The van der Waals surface area contributed by atoms with E-state index in [1.165, 1.54) is 28.7 Å². The number of anilines is 2. The fourth-order valence-corrected chi connectivity index (χ4v) is 4.09. The van der Waals surface area contributed by atoms with Gasteiger partial charge in [0, 0.05) is 18.7 Å². The van der Waals surface area contributed by atoms with Gasteiger partial charge in [0.1, 0.15) is 0 Å². The highest BCUT2D eigenvalue weighted by atomic mass is 32.2. The lowest BCUT2D eigenvalue weighted by Gasteiger charge is -2.17. The zero-order valence-electron chi connectivity index (χ0n) is 14.5. The Labute approximate surface area is 160 Å². The van der Waals surface area contributed by atoms with Gasteiger partial charge in [0.05, 0.1) is 11.7 Å². The number of hydrogen-bond acceptors (Lipinski definition) is 6. The second-order valence-electron chi connectivity index (χ2n) is 6.03. The lowest BCUT2D eigenvalue weighted by Crippen LogP contribution is -2.28. The molecular formula is C18H18N4O2S2. The number of aromatic nitrogens is 2. The Hall–Kier alpha value is -2.37. The Morgan fingerprint density at radius 1 is 1.42 bits per heavy atom. The van der Waals surface area contributed by atoms with Gasteiger partial charge < -0.3 is 10.2 Å². The van der Waals surface area contributed by atoms with Crippen LogP contribution in [0, 0.1) is 32.1 Å². The Balaban J connectivity index is 1.64. The summed E-state index contributed by atoms with van der Waals surface area (Å²) in [4.78, 5) is 26.5. The number of benzene rings is 1. The number of thioether (sulfide) groups is 1. The largest absolute Gasteiger partial charge is 0.312 e. The van der Waals surface area contributed by atoms with E-state index in [0.29, 0.717) is 21.8 Å². The average Bonchev–Trinajstić information content (AvgIpc) is 3.22. The number of hydrogen-bond donors (Lipinski definition) is 1. The molecule has 2 heterocycles. The van der Waals surface area contributed by atoms with E-state index in [2.05, 4.69) is 21.4 Å². The van der Waals surface area contributed by atoms with Gasteiger partial charge in [-0.3, -0.25) is 9.59 Å². The summed E-state index contributed by atoms with van der Waals surface area (Å²) in [7, 11) is 0. The van der Waals surface area contributed by atoms with Crippen LogP contribution in [-0.2, 0) is 9.59 Å². The van der Waals surface area contributed by atoms with Crippen LogP contribution in [-0.4, -0.2) is 34.3 Å². The summed E-state index contributed by atoms with van der Waals surface area (Å²) >= 11 is 2.67. The molecule has 1 saturated heterocycles. The molecule has 1 aromatic carbocycles. The molecule has 3 rings (SSSR count). The maximum atomic E-state index is 12.5. The number of aryl methyl sites for hydroxylation is 2. The van der Waals surface area contributed by atoms with E-state index in [9.17, 15) is 9.59 Å². The molecule has 1 fully saturated rings. The maximum Gasteiger partial charge on any atom is 0.231 e. The lowest BCUT2D eigenvalue weighted by molar-refractivity contribution is -0.122. The van der Waals surface area contributed by atoms with Gasteiger partial charge >= 0.3 is 0 Å². The Bertz CT molecular complexity index is 888. The molecule has 0 radical (unpaired) electrons. The van der Waals surface area contributed by atoms with Gasteiger partial charge in [-0.25, -0.2) is 0 Å². The van der Waals surface area contributed by atoms with Crippen molar-refractivity contribution >= 4 is 45.7 Å². The number of rotatable bonds is 5. The van der Waals surface area contributed by atoms with Crippen molar-refractivity contribution in [2.75, 3.05) is 22.5 Å². The third-order valence-corrected chi connectivity index (χ3v) is 6.09. The quantitative estimate of drug-likeness (QED) is 0.486. The summed E-state index contributed by atoms with van der Waals surface area (Å²) in [6, 6.07) is 5.88. The second-order valence-corrected chi connectivity index (χ2v) is 8.23. The molecule has 1 aromatic heterocycles. The normalized spacial score (nSPS) is 16.6. The van der Waals surface area contributed by atoms with E-state index in [-0.39, 0.29) is 18.2 Å². The van der Waals surface area contributed by atoms with Gasteiger partial charge in [-0.1, -0.05) is 35.1 Å². The van der Waals surface area contributed by atoms with E-state index in [0.717, 1.165) is 11.3 Å². The van der Waals surface area contributed by atoms with Crippen LogP contribution < -0.4 is 10.2 Å². The number of nitrogens with zero attached hydrogens (tertiary/aromatic N) is 3. The van der Waals surface area contributed by atoms with Crippen LogP contribution in [0.5, 0.6) is 0 Å². The predicted octanol–water partition coefficient (Wildman–Crippen LogP) is 2.87. The molecular weight excluding hydrogens is 368 g/mol. The van der Waals surface area contributed by atoms with Crippen molar-refractivity contribution < 1.29 is 9.59 Å².